The molecule has 0 bridgehead atoms. The van der Waals surface area contributed by atoms with Gasteiger partial charge in [-0.25, -0.2) is 0 Å². The molecule has 0 amide bonds. The zero-order chi connectivity index (χ0) is 14.2. The highest BCUT2D eigenvalue weighted by atomic mass is 14.8. The maximum atomic E-state index is 4.51. The average Bonchev–Trinajstić information content (AvgIpc) is 2.55. The van der Waals surface area contributed by atoms with Gasteiger partial charge in [-0.05, 0) is 18.6 Å². The number of rotatable bonds is 1. The Morgan fingerprint density at radius 3 is 2.14 bits per heavy atom. The molecule has 0 saturated heterocycles. The van der Waals surface area contributed by atoms with Crippen LogP contribution in [0, 0.1) is 6.92 Å². The molecule has 4 nitrogen and oxygen atoms in total. The minimum Gasteiger partial charge on any atom is -0.253 e. The fourth-order valence-corrected chi connectivity index (χ4v) is 2.62. The minimum absolute atomic E-state index is 0.882. The predicted molar refractivity (Wildman–Crippen MR) is 82.8 cm³/mol. The number of hydrogen-bond donors (Lipinski definition) is 0. The lowest BCUT2D eigenvalue weighted by molar-refractivity contribution is 1.27. The first-order valence-electron chi connectivity index (χ1n) is 6.75. The summed E-state index contributed by atoms with van der Waals surface area (Å²) in [5.74, 6) is 0. The number of aryl methyl sites for hydroxylation is 1. The average molecular weight is 272 g/mol. The summed E-state index contributed by atoms with van der Waals surface area (Å²) in [4.78, 5) is 17.8. The lowest BCUT2D eigenvalue weighted by Gasteiger charge is -2.09. The van der Waals surface area contributed by atoms with Gasteiger partial charge in [0.25, 0.3) is 0 Å². The van der Waals surface area contributed by atoms with Crippen molar-refractivity contribution >= 4 is 22.1 Å². The number of fused-ring (bicyclic) bond motifs is 2. The first-order chi connectivity index (χ1) is 10.3. The fourth-order valence-electron chi connectivity index (χ4n) is 2.62. The van der Waals surface area contributed by atoms with Crippen LogP contribution in [-0.4, -0.2) is 19.9 Å². The summed E-state index contributed by atoms with van der Waals surface area (Å²) in [6, 6.07) is 10.2. The number of para-hydroxylation sites is 1. The summed E-state index contributed by atoms with van der Waals surface area (Å²) in [5.41, 5.74) is 6.78. The van der Waals surface area contributed by atoms with Gasteiger partial charge >= 0.3 is 0 Å². The van der Waals surface area contributed by atoms with Crippen LogP contribution in [0.15, 0.2) is 55.1 Å². The molecule has 2 heterocycles. The Morgan fingerprint density at radius 1 is 0.619 bits per heavy atom. The quantitative estimate of drug-likeness (QED) is 0.531. The van der Waals surface area contributed by atoms with Gasteiger partial charge in [-0.2, -0.15) is 0 Å². The standard InChI is InChI=1S/C17H12N4/c1-11-5-6-13(17-15(11)19-9-10-21-17)12-3-2-4-14-16(12)20-8-7-18-14/h2-10H,1H3. The van der Waals surface area contributed by atoms with Gasteiger partial charge in [-0.1, -0.05) is 24.3 Å². The molecule has 0 aliphatic heterocycles. The van der Waals surface area contributed by atoms with Crippen LogP contribution in [0.3, 0.4) is 0 Å². The molecule has 0 radical (unpaired) electrons. The summed E-state index contributed by atoms with van der Waals surface area (Å²) < 4.78 is 0. The number of nitrogens with zero attached hydrogens (tertiary/aromatic N) is 4. The Balaban J connectivity index is 2.13. The Bertz CT molecular complexity index is 958. The monoisotopic (exact) mass is 272 g/mol. The van der Waals surface area contributed by atoms with Gasteiger partial charge in [0.1, 0.15) is 0 Å². The van der Waals surface area contributed by atoms with Crippen LogP contribution >= 0.6 is 0 Å². The second-order valence-electron chi connectivity index (χ2n) is 4.91. The van der Waals surface area contributed by atoms with Crippen LogP contribution in [-0.2, 0) is 0 Å². The van der Waals surface area contributed by atoms with Gasteiger partial charge in [0.2, 0.25) is 0 Å². The summed E-state index contributed by atoms with van der Waals surface area (Å²) in [6.07, 6.45) is 6.87. The van der Waals surface area contributed by atoms with Crippen LogP contribution < -0.4 is 0 Å². The predicted octanol–water partition coefficient (Wildman–Crippen LogP) is 3.55. The van der Waals surface area contributed by atoms with Gasteiger partial charge in [0.05, 0.1) is 22.1 Å². The molecular formula is C17H12N4. The summed E-state index contributed by atoms with van der Waals surface area (Å²) in [5, 5.41) is 0. The molecule has 4 rings (SSSR count). The Morgan fingerprint density at radius 2 is 1.29 bits per heavy atom. The van der Waals surface area contributed by atoms with Crippen LogP contribution in [0.5, 0.6) is 0 Å². The molecular weight excluding hydrogens is 260 g/mol. The van der Waals surface area contributed by atoms with Crippen molar-refractivity contribution in [2.24, 2.45) is 0 Å². The van der Waals surface area contributed by atoms with Crippen molar-refractivity contribution in [2.75, 3.05) is 0 Å². The molecule has 0 unspecified atom stereocenters. The minimum atomic E-state index is 0.882. The third kappa shape index (κ3) is 1.84. The van der Waals surface area contributed by atoms with Crippen molar-refractivity contribution in [1.82, 2.24) is 19.9 Å². The maximum absolute atomic E-state index is 4.51. The van der Waals surface area contributed by atoms with Crippen molar-refractivity contribution in [1.29, 1.82) is 0 Å². The van der Waals surface area contributed by atoms with E-state index < -0.39 is 0 Å². The zero-order valence-corrected chi connectivity index (χ0v) is 11.5. The van der Waals surface area contributed by atoms with Crippen LogP contribution in [0.1, 0.15) is 5.56 Å². The summed E-state index contributed by atoms with van der Waals surface area (Å²) in [7, 11) is 0. The second-order valence-corrected chi connectivity index (χ2v) is 4.91. The molecule has 100 valence electrons. The SMILES string of the molecule is Cc1ccc(-c2cccc3nccnc23)c2nccnc12. The highest BCUT2D eigenvalue weighted by Crippen LogP contribution is 2.31. The van der Waals surface area contributed by atoms with Crippen molar-refractivity contribution in [2.45, 2.75) is 6.92 Å². The van der Waals surface area contributed by atoms with Gasteiger partial charge in [-0.15, -0.1) is 0 Å². The van der Waals surface area contributed by atoms with E-state index in [0.717, 1.165) is 38.8 Å². The first kappa shape index (κ1) is 11.9. The third-order valence-electron chi connectivity index (χ3n) is 3.62. The molecule has 2 aromatic heterocycles. The largest absolute Gasteiger partial charge is 0.253 e. The van der Waals surface area contributed by atoms with E-state index in [1.54, 1.807) is 24.8 Å². The van der Waals surface area contributed by atoms with Crippen molar-refractivity contribution < 1.29 is 0 Å². The van der Waals surface area contributed by atoms with E-state index in [9.17, 15) is 0 Å². The molecule has 0 atom stereocenters. The molecule has 4 aromatic rings. The third-order valence-corrected chi connectivity index (χ3v) is 3.62. The molecule has 4 heteroatoms. The van der Waals surface area contributed by atoms with Crippen LogP contribution in [0.4, 0.5) is 0 Å². The van der Waals surface area contributed by atoms with Gasteiger partial charge in [0.15, 0.2) is 0 Å². The Hall–Kier alpha value is -2.88. The van der Waals surface area contributed by atoms with Crippen molar-refractivity contribution in [3.63, 3.8) is 0 Å². The van der Waals surface area contributed by atoms with Crippen molar-refractivity contribution in [3.8, 4) is 11.1 Å². The molecule has 0 spiro atoms. The van der Waals surface area contributed by atoms with E-state index in [0.29, 0.717) is 0 Å². The molecule has 2 aromatic carbocycles. The van der Waals surface area contributed by atoms with Crippen LogP contribution in [0.2, 0.25) is 0 Å². The van der Waals surface area contributed by atoms with E-state index in [4.69, 9.17) is 0 Å². The Kier molecular flexibility index (Phi) is 2.60. The van der Waals surface area contributed by atoms with Gasteiger partial charge in [0, 0.05) is 35.9 Å². The van der Waals surface area contributed by atoms with Gasteiger partial charge in [-0.3, -0.25) is 19.9 Å². The zero-order valence-electron chi connectivity index (χ0n) is 11.5. The van der Waals surface area contributed by atoms with E-state index in [2.05, 4.69) is 38.1 Å². The van der Waals surface area contributed by atoms with E-state index in [1.165, 1.54) is 0 Å². The molecule has 0 aliphatic carbocycles. The maximum Gasteiger partial charge on any atom is 0.0968 e. The first-order valence-corrected chi connectivity index (χ1v) is 6.75. The van der Waals surface area contributed by atoms with E-state index in [1.807, 2.05) is 19.1 Å². The number of hydrogen-bond acceptors (Lipinski definition) is 4. The topological polar surface area (TPSA) is 51.6 Å². The molecule has 0 fully saturated rings. The summed E-state index contributed by atoms with van der Waals surface area (Å²) >= 11 is 0. The molecule has 21 heavy (non-hydrogen) atoms. The summed E-state index contributed by atoms with van der Waals surface area (Å²) in [6.45, 7) is 2.05. The molecule has 0 N–H and O–H groups in total. The highest BCUT2D eigenvalue weighted by Gasteiger charge is 2.11. The Labute approximate surface area is 121 Å². The molecule has 0 saturated carbocycles. The van der Waals surface area contributed by atoms with E-state index in [-0.39, 0.29) is 0 Å². The number of benzene rings is 2. The number of aromatic nitrogens is 4. The van der Waals surface area contributed by atoms with Gasteiger partial charge < -0.3 is 0 Å². The highest BCUT2D eigenvalue weighted by molar-refractivity contribution is 6.01. The molecule has 0 aliphatic rings. The van der Waals surface area contributed by atoms with Crippen molar-refractivity contribution in [3.05, 3.63) is 60.7 Å². The smallest absolute Gasteiger partial charge is 0.0968 e. The lowest BCUT2D eigenvalue weighted by Crippen LogP contribution is -1.92. The normalized spacial score (nSPS) is 11.1. The fraction of sp³-hybridized carbons (Fsp3) is 0.0588. The second kappa shape index (κ2) is 4.59. The lowest BCUT2D eigenvalue weighted by atomic mass is 10.00. The van der Waals surface area contributed by atoms with E-state index >= 15 is 0 Å². The van der Waals surface area contributed by atoms with Crippen LogP contribution in [0.25, 0.3) is 33.2 Å².